The maximum Gasteiger partial charge on any atom is 0.407 e. The van der Waals surface area contributed by atoms with Crippen LogP contribution in [-0.4, -0.2) is 127 Å². The lowest BCUT2D eigenvalue weighted by atomic mass is 9.98. The molecule has 0 unspecified atom stereocenters. The Bertz CT molecular complexity index is 1410. The summed E-state index contributed by atoms with van der Waals surface area (Å²) in [5, 5.41) is 8.49. The minimum atomic E-state index is -0.469. The maximum absolute atomic E-state index is 12.3. The monoisotopic (exact) mass is 798 g/mol. The van der Waals surface area contributed by atoms with E-state index in [9.17, 15) is 19.2 Å². The van der Waals surface area contributed by atoms with Crippen LogP contribution in [0.5, 0.6) is 0 Å². The Morgan fingerprint density at radius 1 is 0.632 bits per heavy atom. The molecule has 57 heavy (non-hydrogen) atoms. The summed E-state index contributed by atoms with van der Waals surface area (Å²) >= 11 is 0. The average Bonchev–Trinajstić information content (AvgIpc) is 3.52. The molecule has 14 nitrogen and oxygen atoms in total. The van der Waals surface area contributed by atoms with Gasteiger partial charge < -0.3 is 49.3 Å². The van der Waals surface area contributed by atoms with Crippen LogP contribution >= 0.6 is 0 Å². The Hall–Kier alpha value is -4.08. The van der Waals surface area contributed by atoms with E-state index in [0.29, 0.717) is 91.9 Å². The summed E-state index contributed by atoms with van der Waals surface area (Å²) in [6, 6.07) is 16.5. The van der Waals surface area contributed by atoms with Gasteiger partial charge in [0.15, 0.2) is 0 Å². The number of alkyl carbamates (subject to hydrolysis) is 1. The van der Waals surface area contributed by atoms with Gasteiger partial charge in [-0.05, 0) is 55.9 Å². The molecule has 3 rings (SSSR count). The predicted molar refractivity (Wildman–Crippen MR) is 218 cm³/mol. The zero-order valence-corrected chi connectivity index (χ0v) is 34.4. The highest BCUT2D eigenvalue weighted by Crippen LogP contribution is 2.44. The molecule has 14 heteroatoms. The second kappa shape index (κ2) is 28.3. The number of unbranched alkanes of at least 4 members (excludes halogenated alkanes) is 5. The van der Waals surface area contributed by atoms with E-state index in [4.69, 9.17) is 28.4 Å². The quantitative estimate of drug-likeness (QED) is 0.0511. The zero-order valence-electron chi connectivity index (χ0n) is 34.4. The minimum Gasteiger partial charge on any atom is -0.449 e. The number of carbonyl (C=O) groups excluding carboxylic acids is 4. The van der Waals surface area contributed by atoms with E-state index in [-0.39, 0.29) is 36.7 Å². The van der Waals surface area contributed by atoms with Gasteiger partial charge in [0.1, 0.15) is 13.3 Å². The largest absolute Gasteiger partial charge is 0.449 e. The molecule has 0 saturated carbocycles. The van der Waals surface area contributed by atoms with Crippen molar-refractivity contribution in [3.8, 4) is 11.1 Å². The third-order valence-corrected chi connectivity index (χ3v) is 9.13. The van der Waals surface area contributed by atoms with Crippen LogP contribution in [0.4, 0.5) is 4.79 Å². The Kier molecular flexibility index (Phi) is 23.5. The highest BCUT2D eigenvalue weighted by atomic mass is 16.6. The summed E-state index contributed by atoms with van der Waals surface area (Å²) in [4.78, 5) is 49.0. The van der Waals surface area contributed by atoms with Gasteiger partial charge >= 0.3 is 6.09 Å². The highest BCUT2D eigenvalue weighted by Gasteiger charge is 2.29. The number of nitrogens with zero attached hydrogens (tertiary/aromatic N) is 1. The van der Waals surface area contributed by atoms with Crippen molar-refractivity contribution in [2.45, 2.75) is 83.7 Å². The van der Waals surface area contributed by atoms with Crippen LogP contribution < -0.4 is 16.0 Å². The zero-order chi connectivity index (χ0) is 41.0. The molecule has 0 saturated heterocycles. The summed E-state index contributed by atoms with van der Waals surface area (Å²) in [5.41, 5.74) is 4.42. The molecule has 2 aromatic carbocycles. The first kappa shape index (κ1) is 47.3. The standard InChI is InChI=1S/C43H66N4O10/c1-43(2,3)57-34-47(33-48)23-27-55-31-30-53-25-21-45-41(50)19-9-7-5-4-6-8-18-40(49)44-20-24-52-28-29-54-26-22-46-42(51)56-32-39-37-16-12-10-14-35(37)36-15-11-13-17-38(36)39/h10-17,33,39H,4-9,18-32,34H2,1-3H3,(H,44,49)(H,45,50)(H,46,51). The van der Waals surface area contributed by atoms with E-state index in [1.54, 1.807) is 0 Å². The van der Waals surface area contributed by atoms with Crippen LogP contribution in [0.1, 0.15) is 89.2 Å². The van der Waals surface area contributed by atoms with E-state index in [1.165, 1.54) is 27.2 Å². The number of hydrogen-bond acceptors (Lipinski definition) is 10. The van der Waals surface area contributed by atoms with Crippen molar-refractivity contribution in [3.63, 3.8) is 0 Å². The molecule has 4 amide bonds. The van der Waals surface area contributed by atoms with Crippen molar-refractivity contribution >= 4 is 24.3 Å². The third kappa shape index (κ3) is 20.8. The summed E-state index contributed by atoms with van der Waals surface area (Å²) in [7, 11) is 0. The van der Waals surface area contributed by atoms with Gasteiger partial charge in [-0.25, -0.2) is 4.79 Å². The van der Waals surface area contributed by atoms with Gasteiger partial charge in [0, 0.05) is 44.9 Å². The molecular weight excluding hydrogens is 732 g/mol. The van der Waals surface area contributed by atoms with Gasteiger partial charge in [0.05, 0.1) is 58.5 Å². The molecule has 2 aromatic rings. The molecule has 0 fully saturated rings. The minimum absolute atomic E-state index is 0.0193. The Morgan fingerprint density at radius 2 is 1.09 bits per heavy atom. The van der Waals surface area contributed by atoms with Crippen molar-refractivity contribution in [1.29, 1.82) is 0 Å². The van der Waals surface area contributed by atoms with Crippen molar-refractivity contribution in [2.24, 2.45) is 0 Å². The summed E-state index contributed by atoms with van der Waals surface area (Å²) in [6.45, 7) is 11.2. The SMILES string of the molecule is CC(C)(C)OCN(C=O)CCOCCOCCNC(=O)CCCCCCCCC(=O)NCCOCCOCCNC(=O)OCC1c2ccccc2-c2ccccc21. The first-order valence-corrected chi connectivity index (χ1v) is 20.4. The predicted octanol–water partition coefficient (Wildman–Crippen LogP) is 5.18. The van der Waals surface area contributed by atoms with Gasteiger partial charge in [-0.3, -0.25) is 14.4 Å². The van der Waals surface area contributed by atoms with E-state index in [1.807, 2.05) is 45.0 Å². The van der Waals surface area contributed by atoms with Crippen LogP contribution in [0.25, 0.3) is 11.1 Å². The lowest BCUT2D eigenvalue weighted by molar-refractivity contribution is -0.130. The molecule has 1 aliphatic rings. The van der Waals surface area contributed by atoms with Crippen molar-refractivity contribution in [1.82, 2.24) is 20.9 Å². The molecule has 0 atom stereocenters. The number of ether oxygens (including phenoxy) is 6. The molecule has 0 spiro atoms. The topological polar surface area (TPSA) is 163 Å². The fourth-order valence-corrected chi connectivity index (χ4v) is 6.10. The molecule has 3 N–H and O–H groups in total. The van der Waals surface area contributed by atoms with Gasteiger partial charge in [-0.15, -0.1) is 0 Å². The summed E-state index contributed by atoms with van der Waals surface area (Å²) in [6.07, 6.45) is 6.96. The van der Waals surface area contributed by atoms with E-state index < -0.39 is 6.09 Å². The van der Waals surface area contributed by atoms with Gasteiger partial charge in [0.2, 0.25) is 18.2 Å². The maximum atomic E-state index is 12.3. The van der Waals surface area contributed by atoms with Crippen LogP contribution in [0, 0.1) is 0 Å². The van der Waals surface area contributed by atoms with Gasteiger partial charge in [-0.2, -0.15) is 0 Å². The van der Waals surface area contributed by atoms with E-state index >= 15 is 0 Å². The second-order valence-electron chi connectivity index (χ2n) is 14.8. The number of benzene rings is 2. The number of amides is 4. The van der Waals surface area contributed by atoms with Crippen molar-refractivity contribution < 1.29 is 47.6 Å². The fraction of sp³-hybridized carbons (Fsp3) is 0.628. The number of nitrogens with one attached hydrogen (secondary N) is 3. The van der Waals surface area contributed by atoms with Crippen molar-refractivity contribution in [3.05, 3.63) is 59.7 Å². The molecule has 0 radical (unpaired) electrons. The first-order valence-electron chi connectivity index (χ1n) is 20.4. The lowest BCUT2D eigenvalue weighted by Gasteiger charge is -2.24. The van der Waals surface area contributed by atoms with E-state index in [0.717, 1.165) is 44.9 Å². The smallest absolute Gasteiger partial charge is 0.407 e. The molecule has 0 heterocycles. The van der Waals surface area contributed by atoms with Crippen LogP contribution in [0.2, 0.25) is 0 Å². The Labute approximate surface area is 339 Å². The first-order chi connectivity index (χ1) is 27.7. The van der Waals surface area contributed by atoms with Crippen LogP contribution in [0.15, 0.2) is 48.5 Å². The van der Waals surface area contributed by atoms with Gasteiger partial charge in [0.25, 0.3) is 0 Å². The number of rotatable bonds is 32. The van der Waals surface area contributed by atoms with Crippen LogP contribution in [-0.2, 0) is 42.8 Å². The highest BCUT2D eigenvalue weighted by molar-refractivity contribution is 5.79. The Balaban J connectivity index is 1.01. The van der Waals surface area contributed by atoms with Crippen LogP contribution in [0.3, 0.4) is 0 Å². The number of fused-ring (bicyclic) bond motifs is 3. The van der Waals surface area contributed by atoms with Crippen molar-refractivity contribution in [2.75, 3.05) is 92.4 Å². The lowest BCUT2D eigenvalue weighted by Crippen LogP contribution is -2.33. The molecule has 0 aromatic heterocycles. The molecule has 318 valence electrons. The second-order valence-corrected chi connectivity index (χ2v) is 14.8. The fourth-order valence-electron chi connectivity index (χ4n) is 6.10. The molecule has 0 aliphatic heterocycles. The third-order valence-electron chi connectivity index (χ3n) is 9.13. The summed E-state index contributed by atoms with van der Waals surface area (Å²) < 4.78 is 33.2. The summed E-state index contributed by atoms with van der Waals surface area (Å²) in [5.74, 6) is 0.0652. The Morgan fingerprint density at radius 3 is 1.58 bits per heavy atom. The van der Waals surface area contributed by atoms with Gasteiger partial charge in [-0.1, -0.05) is 74.2 Å². The molecule has 1 aliphatic carbocycles. The number of hydrogen-bond donors (Lipinski definition) is 3. The average molecular weight is 799 g/mol. The molecular formula is C43H66N4O10. The number of carbonyl (C=O) groups is 4. The van der Waals surface area contributed by atoms with E-state index in [2.05, 4.69) is 40.2 Å². The normalized spacial score (nSPS) is 12.1. The molecule has 0 bridgehead atoms.